The van der Waals surface area contributed by atoms with Crippen LogP contribution in [-0.4, -0.2) is 28.0 Å². The summed E-state index contributed by atoms with van der Waals surface area (Å²) >= 11 is 6.12. The number of cyclic esters (lactones) is 1. The van der Waals surface area contributed by atoms with Gasteiger partial charge in [0, 0.05) is 24.6 Å². The smallest absolute Gasteiger partial charge is 0.342 e. The summed E-state index contributed by atoms with van der Waals surface area (Å²) in [6, 6.07) is 1.01. The summed E-state index contributed by atoms with van der Waals surface area (Å²) < 4.78 is 5.39. The van der Waals surface area contributed by atoms with Crippen molar-refractivity contribution in [3.05, 3.63) is 46.5 Å². The first-order valence-corrected chi connectivity index (χ1v) is 8.52. The van der Waals surface area contributed by atoms with Crippen LogP contribution in [0.5, 0.6) is 11.5 Å². The second-order valence-electron chi connectivity index (χ2n) is 6.28. The number of hydrogen-bond donors (Lipinski definition) is 3. The molecule has 0 spiro atoms. The third-order valence-corrected chi connectivity index (χ3v) is 4.38. The fourth-order valence-electron chi connectivity index (χ4n) is 2.62. The maximum absolute atomic E-state index is 12.5. The Bertz CT molecular complexity index is 739. The van der Waals surface area contributed by atoms with Crippen molar-refractivity contribution < 1.29 is 19.7 Å². The maximum Gasteiger partial charge on any atom is 0.342 e. The molecule has 1 aliphatic rings. The number of fused-ring (bicyclic) bond motifs is 1. The van der Waals surface area contributed by atoms with Gasteiger partial charge in [-0.3, -0.25) is 0 Å². The van der Waals surface area contributed by atoms with Crippen molar-refractivity contribution >= 4 is 23.3 Å². The zero-order valence-corrected chi connectivity index (χ0v) is 15.0. The van der Waals surface area contributed by atoms with E-state index in [1.54, 1.807) is 13.0 Å². The van der Waals surface area contributed by atoms with Crippen molar-refractivity contribution in [3.63, 3.8) is 0 Å². The molecule has 0 amide bonds. The topological polar surface area (TPSA) is 90.6 Å². The van der Waals surface area contributed by atoms with Crippen molar-refractivity contribution in [3.8, 4) is 11.5 Å². The van der Waals surface area contributed by atoms with Crippen molar-refractivity contribution in [2.45, 2.75) is 39.2 Å². The minimum Gasteiger partial charge on any atom is -0.507 e. The highest BCUT2D eigenvalue weighted by atomic mass is 35.5. The van der Waals surface area contributed by atoms with E-state index in [0.29, 0.717) is 12.3 Å². The van der Waals surface area contributed by atoms with Crippen molar-refractivity contribution in [2.75, 3.05) is 0 Å². The van der Waals surface area contributed by atoms with E-state index in [4.69, 9.17) is 21.7 Å². The molecule has 6 heteroatoms. The van der Waals surface area contributed by atoms with E-state index in [9.17, 15) is 15.0 Å². The Kier molecular flexibility index (Phi) is 6.26. The second-order valence-corrected chi connectivity index (χ2v) is 6.66. The molecular weight excluding hydrogens is 342 g/mol. The fraction of sp³-hybridized carbons (Fsp3) is 0.368. The van der Waals surface area contributed by atoms with Crippen LogP contribution < -0.4 is 0 Å². The van der Waals surface area contributed by atoms with E-state index in [1.165, 1.54) is 0 Å². The number of nitrogens with one attached hydrogen (secondary N) is 1. The molecule has 0 bridgehead atoms. The molecular formula is C19H22ClNO4. The summed E-state index contributed by atoms with van der Waals surface area (Å²) in [5.74, 6) is -1.17. The lowest BCUT2D eigenvalue weighted by Crippen LogP contribution is -2.17. The number of aromatic hydroxyl groups is 2. The first-order valence-electron chi connectivity index (χ1n) is 8.14. The van der Waals surface area contributed by atoms with Crippen LogP contribution in [0.1, 0.15) is 42.6 Å². The second kappa shape index (κ2) is 8.21. The van der Waals surface area contributed by atoms with Crippen LogP contribution in [0.25, 0.3) is 0 Å². The summed E-state index contributed by atoms with van der Waals surface area (Å²) in [5.41, 5.74) is 0.288. The van der Waals surface area contributed by atoms with E-state index in [1.807, 2.05) is 18.2 Å². The van der Waals surface area contributed by atoms with Gasteiger partial charge >= 0.3 is 5.97 Å². The van der Waals surface area contributed by atoms with Gasteiger partial charge in [0.2, 0.25) is 0 Å². The van der Waals surface area contributed by atoms with Gasteiger partial charge in [-0.15, -0.1) is 0 Å². The molecule has 25 heavy (non-hydrogen) atoms. The van der Waals surface area contributed by atoms with Crippen LogP contribution in [-0.2, 0) is 11.2 Å². The van der Waals surface area contributed by atoms with E-state index in [-0.39, 0.29) is 40.1 Å². The molecule has 1 aromatic rings. The number of rotatable bonds is 0. The highest BCUT2D eigenvalue weighted by molar-refractivity contribution is 6.33. The predicted octanol–water partition coefficient (Wildman–Crippen LogP) is 4.40. The van der Waals surface area contributed by atoms with Crippen LogP contribution in [0.15, 0.2) is 30.4 Å². The van der Waals surface area contributed by atoms with E-state index in [2.05, 4.69) is 6.92 Å². The highest BCUT2D eigenvalue weighted by Gasteiger charge is 2.25. The van der Waals surface area contributed by atoms with E-state index < -0.39 is 11.7 Å². The first kappa shape index (κ1) is 19.1. The Morgan fingerprint density at radius 2 is 1.92 bits per heavy atom. The Balaban J connectivity index is 2.49. The molecule has 0 saturated carbocycles. The third-order valence-electron chi connectivity index (χ3n) is 3.96. The molecule has 1 aromatic carbocycles. The van der Waals surface area contributed by atoms with Gasteiger partial charge in [0.1, 0.15) is 23.2 Å². The normalized spacial score (nSPS) is 24.8. The van der Waals surface area contributed by atoms with Gasteiger partial charge in [0.25, 0.3) is 0 Å². The van der Waals surface area contributed by atoms with Gasteiger partial charge in [-0.1, -0.05) is 36.8 Å². The maximum atomic E-state index is 12.5. The van der Waals surface area contributed by atoms with Crippen molar-refractivity contribution in [2.24, 2.45) is 5.92 Å². The molecule has 0 radical (unpaired) electrons. The number of carbonyl (C=O) groups is 1. The third kappa shape index (κ3) is 4.86. The highest BCUT2D eigenvalue weighted by Crippen LogP contribution is 2.37. The molecule has 2 atom stereocenters. The number of phenolic OH excluding ortho intramolecular Hbond substituents is 2. The van der Waals surface area contributed by atoms with Crippen molar-refractivity contribution in [1.82, 2.24) is 0 Å². The SMILES string of the molecule is CC1/C=C/C[C@@H](C)OC(=O)c2c(O)cc(O)c(Cl)c2CC(=N)/C=C/C1. The van der Waals surface area contributed by atoms with Gasteiger partial charge < -0.3 is 20.4 Å². The molecule has 0 saturated heterocycles. The molecule has 5 nitrogen and oxygen atoms in total. The summed E-state index contributed by atoms with van der Waals surface area (Å²) in [4.78, 5) is 12.5. The standard InChI is InChI=1S/C19H22ClNO4/c1-11-5-3-7-12(2)25-19(24)17-14(9-13(21)8-4-6-11)18(20)16(23)10-15(17)22/h3-5,8,10-12,21-23H,6-7,9H2,1-2H3/b5-3+,8-4+,21-13?/t11?,12-/m1/s1. The Hall–Kier alpha value is -2.27. The van der Waals surface area contributed by atoms with Crippen molar-refractivity contribution in [1.29, 1.82) is 5.41 Å². The Morgan fingerprint density at radius 1 is 1.20 bits per heavy atom. The average Bonchev–Trinajstić information content (AvgIpc) is 2.51. The lowest BCUT2D eigenvalue weighted by molar-refractivity contribution is 0.0343. The van der Waals surface area contributed by atoms with Gasteiger partial charge in [-0.25, -0.2) is 4.79 Å². The molecule has 134 valence electrons. The Labute approximate surface area is 152 Å². The summed E-state index contributed by atoms with van der Waals surface area (Å²) in [6.45, 7) is 3.83. The van der Waals surface area contributed by atoms with Gasteiger partial charge in [-0.2, -0.15) is 0 Å². The molecule has 2 rings (SSSR count). The number of benzene rings is 1. The van der Waals surface area contributed by atoms with Gasteiger partial charge in [0.05, 0.1) is 5.02 Å². The lowest BCUT2D eigenvalue weighted by Gasteiger charge is -2.17. The number of esters is 1. The van der Waals surface area contributed by atoms with Crippen LogP contribution in [0, 0.1) is 11.3 Å². The largest absolute Gasteiger partial charge is 0.507 e. The lowest BCUT2D eigenvalue weighted by atomic mass is 9.98. The quantitative estimate of drug-likeness (QED) is 0.470. The predicted molar refractivity (Wildman–Crippen MR) is 97.8 cm³/mol. The molecule has 1 unspecified atom stereocenters. The number of hydrogen-bond acceptors (Lipinski definition) is 5. The zero-order valence-electron chi connectivity index (χ0n) is 14.3. The van der Waals surface area contributed by atoms with Crippen LogP contribution in [0.4, 0.5) is 0 Å². The molecule has 1 heterocycles. The minimum atomic E-state index is -0.725. The van der Waals surface area contributed by atoms with E-state index in [0.717, 1.165) is 12.5 Å². The van der Waals surface area contributed by atoms with Crippen LogP contribution >= 0.6 is 11.6 Å². The molecule has 0 aromatic heterocycles. The first-order chi connectivity index (χ1) is 11.8. The molecule has 3 N–H and O–H groups in total. The molecule has 1 aliphatic heterocycles. The summed E-state index contributed by atoms with van der Waals surface area (Å²) in [5, 5.41) is 28.0. The number of carbonyl (C=O) groups excluding carboxylic acids is 1. The monoisotopic (exact) mass is 363 g/mol. The minimum absolute atomic E-state index is 0.000325. The molecule has 0 aliphatic carbocycles. The number of ether oxygens (including phenoxy) is 1. The Morgan fingerprint density at radius 3 is 2.64 bits per heavy atom. The number of allylic oxidation sites excluding steroid dienone is 3. The van der Waals surface area contributed by atoms with E-state index >= 15 is 0 Å². The summed E-state index contributed by atoms with van der Waals surface area (Å²) in [6.07, 6.45) is 8.49. The number of phenols is 2. The number of halogens is 1. The van der Waals surface area contributed by atoms with Crippen LogP contribution in [0.2, 0.25) is 5.02 Å². The van der Waals surface area contributed by atoms with Gasteiger partial charge in [0.15, 0.2) is 0 Å². The zero-order chi connectivity index (χ0) is 18.6. The summed E-state index contributed by atoms with van der Waals surface area (Å²) in [7, 11) is 0. The van der Waals surface area contributed by atoms with Gasteiger partial charge in [-0.05, 0) is 30.9 Å². The molecule has 0 fully saturated rings. The van der Waals surface area contributed by atoms with Crippen LogP contribution in [0.3, 0.4) is 0 Å². The fourth-order valence-corrected chi connectivity index (χ4v) is 2.84. The average molecular weight is 364 g/mol.